The monoisotopic (exact) mass is 237 g/mol. The molecule has 0 aliphatic carbocycles. The summed E-state index contributed by atoms with van der Waals surface area (Å²) in [7, 11) is 0. The first-order chi connectivity index (χ1) is 8.06. The van der Waals surface area contributed by atoms with Gasteiger partial charge in [0.05, 0.1) is 5.69 Å². The van der Waals surface area contributed by atoms with Gasteiger partial charge in [0.15, 0.2) is 0 Å². The highest BCUT2D eigenvalue weighted by atomic mass is 16.2. The molecule has 0 aromatic carbocycles. The van der Waals surface area contributed by atoms with Gasteiger partial charge >= 0.3 is 6.03 Å². The van der Waals surface area contributed by atoms with E-state index in [4.69, 9.17) is 0 Å². The number of aldehydes is 1. The van der Waals surface area contributed by atoms with Crippen molar-refractivity contribution >= 4 is 12.3 Å². The highest BCUT2D eigenvalue weighted by Gasteiger charge is 2.08. The summed E-state index contributed by atoms with van der Waals surface area (Å²) in [6, 6.07) is 1.52. The fourth-order valence-electron chi connectivity index (χ4n) is 1.15. The van der Waals surface area contributed by atoms with E-state index in [-0.39, 0.29) is 6.03 Å². The van der Waals surface area contributed by atoms with Crippen LogP contribution < -0.4 is 5.32 Å². The lowest BCUT2D eigenvalue weighted by Crippen LogP contribution is -2.31. The molecular formula is C12H19N3O2. The molecule has 0 spiro atoms. The van der Waals surface area contributed by atoms with Crippen LogP contribution in [0.25, 0.3) is 0 Å². The van der Waals surface area contributed by atoms with E-state index in [1.54, 1.807) is 13.0 Å². The molecule has 0 saturated heterocycles. The van der Waals surface area contributed by atoms with Crippen LogP contribution in [0.2, 0.25) is 0 Å². The molecule has 0 atom stereocenters. The number of nitrogens with zero attached hydrogens (tertiary/aromatic N) is 2. The van der Waals surface area contributed by atoms with Crippen molar-refractivity contribution in [2.45, 2.75) is 27.2 Å². The van der Waals surface area contributed by atoms with Crippen LogP contribution in [0.15, 0.2) is 18.7 Å². The molecule has 0 bridgehead atoms. The topological polar surface area (TPSA) is 64.0 Å². The minimum atomic E-state index is -0.294. The predicted molar refractivity (Wildman–Crippen MR) is 67.0 cm³/mol. The van der Waals surface area contributed by atoms with Gasteiger partial charge < -0.3 is 10.1 Å². The number of nitrogens with one attached hydrogen (secondary N) is 1. The minimum Gasteiger partial charge on any atom is -0.336 e. The van der Waals surface area contributed by atoms with Crippen LogP contribution in [0.5, 0.6) is 0 Å². The number of aromatic nitrogens is 2. The predicted octanol–water partition coefficient (Wildman–Crippen LogP) is 1.84. The first-order valence-corrected chi connectivity index (χ1v) is 5.39. The molecule has 0 aliphatic rings. The van der Waals surface area contributed by atoms with Crippen LogP contribution >= 0.6 is 0 Å². The third kappa shape index (κ3) is 5.65. The van der Waals surface area contributed by atoms with Crippen molar-refractivity contribution in [3.05, 3.63) is 30.1 Å². The van der Waals surface area contributed by atoms with Crippen molar-refractivity contribution in [1.29, 1.82) is 0 Å². The summed E-state index contributed by atoms with van der Waals surface area (Å²) in [6.45, 7) is 9.22. The van der Waals surface area contributed by atoms with E-state index in [2.05, 4.69) is 17.0 Å². The zero-order valence-electron chi connectivity index (χ0n) is 10.6. The van der Waals surface area contributed by atoms with Crippen LogP contribution in [0, 0.1) is 13.8 Å². The number of allylic oxidation sites excluding steroid dienone is 1. The molecule has 0 saturated carbocycles. The maximum Gasteiger partial charge on any atom is 0.342 e. The molecule has 5 nitrogen and oxygen atoms in total. The van der Waals surface area contributed by atoms with Gasteiger partial charge in [0.1, 0.15) is 6.29 Å². The number of rotatable bonds is 3. The molecule has 94 valence electrons. The summed E-state index contributed by atoms with van der Waals surface area (Å²) in [6.07, 6.45) is 2.84. The van der Waals surface area contributed by atoms with Crippen molar-refractivity contribution in [2.24, 2.45) is 0 Å². The molecule has 0 fully saturated rings. The van der Waals surface area contributed by atoms with Gasteiger partial charge in [-0.15, -0.1) is 6.58 Å². The van der Waals surface area contributed by atoms with E-state index in [1.165, 1.54) is 4.68 Å². The number of carbonyl (C=O) groups is 2. The van der Waals surface area contributed by atoms with Crippen molar-refractivity contribution in [2.75, 3.05) is 6.54 Å². The second-order valence-electron chi connectivity index (χ2n) is 3.43. The quantitative estimate of drug-likeness (QED) is 0.495. The summed E-state index contributed by atoms with van der Waals surface area (Å²) in [5.74, 6) is 0. The highest BCUT2D eigenvalue weighted by Crippen LogP contribution is 2.00. The zero-order valence-corrected chi connectivity index (χ0v) is 10.6. The number of amides is 1. The smallest absolute Gasteiger partial charge is 0.336 e. The van der Waals surface area contributed by atoms with Crippen LogP contribution in [0.3, 0.4) is 0 Å². The summed E-state index contributed by atoms with van der Waals surface area (Å²) in [5.41, 5.74) is 1.58. The molecule has 0 unspecified atom stereocenters. The number of hydrogen-bond acceptors (Lipinski definition) is 3. The summed E-state index contributed by atoms with van der Waals surface area (Å²) in [5, 5.41) is 6.59. The third-order valence-electron chi connectivity index (χ3n) is 1.74. The Balaban J connectivity index is 0.000000770. The van der Waals surface area contributed by atoms with Gasteiger partial charge in [-0.25, -0.2) is 4.79 Å². The zero-order chi connectivity index (χ0) is 13.3. The lowest BCUT2D eigenvalue weighted by Gasteiger charge is -2.03. The summed E-state index contributed by atoms with van der Waals surface area (Å²) < 4.78 is 1.29. The average molecular weight is 237 g/mol. The van der Waals surface area contributed by atoms with Crippen molar-refractivity contribution < 1.29 is 9.59 Å². The van der Waals surface area contributed by atoms with Gasteiger partial charge in [0.25, 0.3) is 0 Å². The van der Waals surface area contributed by atoms with Crippen LogP contribution in [0.4, 0.5) is 4.79 Å². The Hall–Kier alpha value is -1.91. The molecular weight excluding hydrogens is 218 g/mol. The second-order valence-corrected chi connectivity index (χ2v) is 3.43. The van der Waals surface area contributed by atoms with Crippen LogP contribution in [-0.4, -0.2) is 28.6 Å². The molecule has 1 rings (SSSR count). The number of aryl methyl sites for hydroxylation is 2. The van der Waals surface area contributed by atoms with Crippen molar-refractivity contribution in [3.63, 3.8) is 0 Å². The molecule has 1 N–H and O–H groups in total. The molecule has 1 aromatic rings. The molecule has 0 aliphatic heterocycles. The molecule has 1 amide bonds. The molecule has 5 heteroatoms. The average Bonchev–Trinajstić information content (AvgIpc) is 2.59. The van der Waals surface area contributed by atoms with Gasteiger partial charge in [-0.2, -0.15) is 9.78 Å². The highest BCUT2D eigenvalue weighted by molar-refractivity contribution is 5.76. The number of carbonyl (C=O) groups excluding carboxylic acids is 2. The summed E-state index contributed by atoms with van der Waals surface area (Å²) in [4.78, 5) is 21.4. The molecule has 17 heavy (non-hydrogen) atoms. The van der Waals surface area contributed by atoms with E-state index in [1.807, 2.05) is 19.9 Å². The molecule has 0 radical (unpaired) electrons. The maximum atomic E-state index is 11.4. The minimum absolute atomic E-state index is 0.294. The normalized spacial score (nSPS) is 8.88. The largest absolute Gasteiger partial charge is 0.342 e. The Labute approximate surface area is 102 Å². The van der Waals surface area contributed by atoms with Gasteiger partial charge in [-0.1, -0.05) is 6.08 Å². The van der Waals surface area contributed by atoms with Crippen molar-refractivity contribution in [1.82, 2.24) is 15.1 Å². The Morgan fingerprint density at radius 3 is 2.59 bits per heavy atom. The Kier molecular flexibility index (Phi) is 7.34. The fourth-order valence-corrected chi connectivity index (χ4v) is 1.15. The standard InChI is InChI=1S/C9H13N3O2.C3H6/c1-7-6-8(2)12(11-7)9(14)10-4-3-5-13;1-3-2/h5-6H,3-4H2,1-2H3,(H,10,14);3H,1H2,2H3. The van der Waals surface area contributed by atoms with Crippen molar-refractivity contribution in [3.8, 4) is 0 Å². The van der Waals surface area contributed by atoms with E-state index >= 15 is 0 Å². The lowest BCUT2D eigenvalue weighted by atomic mass is 10.4. The van der Waals surface area contributed by atoms with Gasteiger partial charge in [0, 0.05) is 18.7 Å². The SMILES string of the molecule is C=CC.Cc1cc(C)n(C(=O)NCCC=O)n1. The first kappa shape index (κ1) is 15.1. The van der Waals surface area contributed by atoms with E-state index in [9.17, 15) is 9.59 Å². The van der Waals surface area contributed by atoms with E-state index in [0.717, 1.165) is 17.7 Å². The van der Waals surface area contributed by atoms with Crippen LogP contribution in [0.1, 0.15) is 24.7 Å². The van der Waals surface area contributed by atoms with Gasteiger partial charge in [-0.05, 0) is 26.8 Å². The van der Waals surface area contributed by atoms with E-state index in [0.29, 0.717) is 13.0 Å². The van der Waals surface area contributed by atoms with Crippen LogP contribution in [-0.2, 0) is 4.79 Å². The number of hydrogen-bond donors (Lipinski definition) is 1. The second kappa shape index (κ2) is 8.27. The Morgan fingerprint density at radius 2 is 2.18 bits per heavy atom. The van der Waals surface area contributed by atoms with Gasteiger partial charge in [0.2, 0.25) is 0 Å². The maximum absolute atomic E-state index is 11.4. The first-order valence-electron chi connectivity index (χ1n) is 5.39. The Bertz CT molecular complexity index is 383. The lowest BCUT2D eigenvalue weighted by molar-refractivity contribution is -0.107. The summed E-state index contributed by atoms with van der Waals surface area (Å²) >= 11 is 0. The molecule has 1 heterocycles. The molecule has 1 aromatic heterocycles. The van der Waals surface area contributed by atoms with Gasteiger partial charge in [-0.3, -0.25) is 0 Å². The Morgan fingerprint density at radius 1 is 1.59 bits per heavy atom. The fraction of sp³-hybridized carbons (Fsp3) is 0.417. The van der Waals surface area contributed by atoms with E-state index < -0.39 is 0 Å². The third-order valence-corrected chi connectivity index (χ3v) is 1.74.